The van der Waals surface area contributed by atoms with Crippen LogP contribution in [0.15, 0.2) is 41.8 Å². The van der Waals surface area contributed by atoms with Crippen molar-refractivity contribution in [1.29, 1.82) is 5.41 Å². The summed E-state index contributed by atoms with van der Waals surface area (Å²) in [6, 6.07) is 9.44. The van der Waals surface area contributed by atoms with Gasteiger partial charge in [-0.2, -0.15) is 0 Å². The number of amides is 2. The first-order valence-corrected chi connectivity index (χ1v) is 10.7. The lowest BCUT2D eigenvalue weighted by atomic mass is 10.1. The van der Waals surface area contributed by atoms with Crippen LogP contribution in [0.25, 0.3) is 0 Å². The number of thiophene rings is 1. The Labute approximate surface area is 185 Å². The summed E-state index contributed by atoms with van der Waals surface area (Å²) in [4.78, 5) is 37.8. The van der Waals surface area contributed by atoms with Crippen LogP contribution in [0.3, 0.4) is 0 Å². The number of nitrogens with two attached hydrogens (primary N) is 1. The van der Waals surface area contributed by atoms with E-state index in [0.717, 1.165) is 5.56 Å². The van der Waals surface area contributed by atoms with Crippen molar-refractivity contribution in [2.75, 3.05) is 0 Å². The maximum atomic E-state index is 12.8. The van der Waals surface area contributed by atoms with Crippen LogP contribution < -0.4 is 16.4 Å². The zero-order valence-corrected chi connectivity index (χ0v) is 18.7. The molecule has 8 nitrogen and oxygen atoms in total. The van der Waals surface area contributed by atoms with Crippen molar-refractivity contribution in [2.24, 2.45) is 5.73 Å². The maximum Gasteiger partial charge on any atom is 0.306 e. The van der Waals surface area contributed by atoms with Crippen molar-refractivity contribution in [3.63, 3.8) is 0 Å². The first-order valence-electron chi connectivity index (χ1n) is 9.82. The predicted octanol–water partition coefficient (Wildman–Crippen LogP) is 2.57. The van der Waals surface area contributed by atoms with Crippen molar-refractivity contribution >= 4 is 35.0 Å². The average Bonchev–Trinajstić information content (AvgIpc) is 3.23. The normalized spacial score (nSPS) is 12.0. The molecule has 0 spiro atoms. The van der Waals surface area contributed by atoms with Gasteiger partial charge in [0.05, 0.1) is 4.88 Å². The predicted molar refractivity (Wildman–Crippen MR) is 120 cm³/mol. The third-order valence-corrected chi connectivity index (χ3v) is 5.02. The summed E-state index contributed by atoms with van der Waals surface area (Å²) in [7, 11) is 0. The van der Waals surface area contributed by atoms with E-state index in [1.807, 2.05) is 0 Å². The number of carbonyl (C=O) groups is 3. The minimum absolute atomic E-state index is 0.00656. The van der Waals surface area contributed by atoms with Crippen LogP contribution in [0.2, 0.25) is 0 Å². The Morgan fingerprint density at radius 1 is 1.16 bits per heavy atom. The lowest BCUT2D eigenvalue weighted by Crippen LogP contribution is -2.46. The topological polar surface area (TPSA) is 134 Å². The summed E-state index contributed by atoms with van der Waals surface area (Å²) in [6.07, 6.45) is 0.106. The zero-order valence-electron chi connectivity index (χ0n) is 17.9. The third-order valence-electron chi connectivity index (χ3n) is 4.16. The summed E-state index contributed by atoms with van der Waals surface area (Å²) >= 11 is 1.27. The number of ether oxygens (including phenoxy) is 1. The molecule has 1 heterocycles. The third kappa shape index (κ3) is 8.21. The van der Waals surface area contributed by atoms with E-state index in [-0.39, 0.29) is 31.1 Å². The van der Waals surface area contributed by atoms with Crippen LogP contribution in [-0.4, -0.2) is 35.3 Å². The van der Waals surface area contributed by atoms with Crippen molar-refractivity contribution in [2.45, 2.75) is 51.8 Å². The summed E-state index contributed by atoms with van der Waals surface area (Å²) in [5.74, 6) is -1.24. The number of esters is 1. The summed E-state index contributed by atoms with van der Waals surface area (Å²) < 4.78 is 5.30. The molecular weight excluding hydrogens is 416 g/mol. The van der Waals surface area contributed by atoms with Gasteiger partial charge in [-0.1, -0.05) is 30.3 Å². The van der Waals surface area contributed by atoms with Gasteiger partial charge in [0.15, 0.2) is 0 Å². The van der Waals surface area contributed by atoms with Crippen LogP contribution in [0.1, 0.15) is 54.4 Å². The second kappa shape index (κ2) is 10.7. The van der Waals surface area contributed by atoms with Crippen LogP contribution in [-0.2, 0) is 20.9 Å². The molecule has 0 fully saturated rings. The van der Waals surface area contributed by atoms with Gasteiger partial charge in [-0.25, -0.2) is 0 Å². The second-order valence-electron chi connectivity index (χ2n) is 7.96. The number of nitrogen functional groups attached to an aromatic ring is 1. The van der Waals surface area contributed by atoms with E-state index >= 15 is 0 Å². The molecule has 0 bridgehead atoms. The van der Waals surface area contributed by atoms with Gasteiger partial charge < -0.3 is 21.1 Å². The van der Waals surface area contributed by atoms with Crippen LogP contribution in [0, 0.1) is 5.41 Å². The van der Waals surface area contributed by atoms with Gasteiger partial charge in [-0.05, 0) is 44.2 Å². The Hall–Kier alpha value is -3.20. The molecular formula is C22H28N4O4S. The standard InChI is InChI=1S/C22H28N4O4S/c1-22(2,3)30-18(27)11-10-16(26-21(29)17-5-4-12-31-17)20(28)25-13-14-6-8-15(9-7-14)19(23)24/h4-9,12,16H,10-11,13H2,1-3H3,(H3,23,24)(H,25,28)(H,26,29). The fourth-order valence-corrected chi connectivity index (χ4v) is 3.30. The minimum Gasteiger partial charge on any atom is -0.460 e. The largest absolute Gasteiger partial charge is 0.460 e. The average molecular weight is 445 g/mol. The van der Waals surface area contributed by atoms with Gasteiger partial charge in [0.2, 0.25) is 5.91 Å². The van der Waals surface area contributed by atoms with Crippen LogP contribution in [0.4, 0.5) is 0 Å². The molecule has 0 saturated heterocycles. The molecule has 0 radical (unpaired) electrons. The fraction of sp³-hybridized carbons (Fsp3) is 0.364. The highest BCUT2D eigenvalue weighted by atomic mass is 32.1. The molecule has 1 unspecified atom stereocenters. The maximum absolute atomic E-state index is 12.8. The second-order valence-corrected chi connectivity index (χ2v) is 8.90. The SMILES string of the molecule is CC(C)(C)OC(=O)CCC(NC(=O)c1cccs1)C(=O)NCc1ccc(C(=N)N)cc1. The van der Waals surface area contributed by atoms with Crippen molar-refractivity contribution in [1.82, 2.24) is 10.6 Å². The van der Waals surface area contributed by atoms with E-state index in [0.29, 0.717) is 10.4 Å². The Bertz CT molecular complexity index is 918. The molecule has 0 aliphatic carbocycles. The zero-order chi connectivity index (χ0) is 23.0. The van der Waals surface area contributed by atoms with E-state index in [4.69, 9.17) is 15.9 Å². The molecule has 9 heteroatoms. The van der Waals surface area contributed by atoms with Crippen LogP contribution in [0.5, 0.6) is 0 Å². The van der Waals surface area contributed by atoms with E-state index in [2.05, 4.69) is 10.6 Å². The number of carbonyl (C=O) groups excluding carboxylic acids is 3. The van der Waals surface area contributed by atoms with E-state index < -0.39 is 23.5 Å². The number of nitrogens with one attached hydrogen (secondary N) is 3. The van der Waals surface area contributed by atoms with E-state index in [9.17, 15) is 14.4 Å². The highest BCUT2D eigenvalue weighted by molar-refractivity contribution is 7.12. The van der Waals surface area contributed by atoms with Gasteiger partial charge >= 0.3 is 5.97 Å². The summed E-state index contributed by atoms with van der Waals surface area (Å²) in [5.41, 5.74) is 6.23. The smallest absolute Gasteiger partial charge is 0.306 e. The van der Waals surface area contributed by atoms with E-state index in [1.165, 1.54) is 11.3 Å². The Morgan fingerprint density at radius 3 is 2.39 bits per heavy atom. The van der Waals surface area contributed by atoms with Crippen molar-refractivity contribution in [3.05, 3.63) is 57.8 Å². The monoisotopic (exact) mass is 444 g/mol. The molecule has 0 aliphatic heterocycles. The Kier molecular flexibility index (Phi) is 8.32. The number of rotatable bonds is 9. The first kappa shape index (κ1) is 24.1. The Balaban J connectivity index is 2.01. The molecule has 1 aromatic carbocycles. The molecule has 2 amide bonds. The molecule has 31 heavy (non-hydrogen) atoms. The minimum atomic E-state index is -0.890. The highest BCUT2D eigenvalue weighted by Crippen LogP contribution is 2.12. The Morgan fingerprint density at radius 2 is 1.84 bits per heavy atom. The van der Waals surface area contributed by atoms with Gasteiger partial charge in [0, 0.05) is 18.5 Å². The molecule has 1 atom stereocenters. The highest BCUT2D eigenvalue weighted by Gasteiger charge is 2.24. The fourth-order valence-electron chi connectivity index (χ4n) is 2.68. The first-order chi connectivity index (χ1) is 14.5. The molecule has 1 aromatic heterocycles. The number of benzene rings is 1. The van der Waals surface area contributed by atoms with Crippen LogP contribution >= 0.6 is 11.3 Å². The quantitative estimate of drug-likeness (QED) is 0.268. The molecule has 5 N–H and O–H groups in total. The number of hydrogen-bond donors (Lipinski definition) is 4. The summed E-state index contributed by atoms with van der Waals surface area (Å²) in [6.45, 7) is 5.54. The van der Waals surface area contributed by atoms with Gasteiger partial charge in [0.1, 0.15) is 17.5 Å². The van der Waals surface area contributed by atoms with E-state index in [1.54, 1.807) is 62.5 Å². The van der Waals surface area contributed by atoms with Crippen molar-refractivity contribution < 1.29 is 19.1 Å². The number of hydrogen-bond acceptors (Lipinski definition) is 6. The number of amidine groups is 1. The lowest BCUT2D eigenvalue weighted by Gasteiger charge is -2.21. The lowest BCUT2D eigenvalue weighted by molar-refractivity contribution is -0.155. The van der Waals surface area contributed by atoms with Crippen molar-refractivity contribution in [3.8, 4) is 0 Å². The molecule has 2 rings (SSSR count). The van der Waals surface area contributed by atoms with Gasteiger partial charge in [0.25, 0.3) is 5.91 Å². The van der Waals surface area contributed by atoms with Gasteiger partial charge in [-0.3, -0.25) is 19.8 Å². The molecule has 2 aromatic rings. The summed E-state index contributed by atoms with van der Waals surface area (Å²) in [5, 5.41) is 14.7. The van der Waals surface area contributed by atoms with Gasteiger partial charge in [-0.15, -0.1) is 11.3 Å². The molecule has 0 aliphatic rings. The molecule has 166 valence electrons. The molecule has 0 saturated carbocycles.